The molecule has 0 N–H and O–H groups in total. The van der Waals surface area contributed by atoms with Gasteiger partial charge in [0.05, 0.1) is 0 Å². The molecule has 0 atom stereocenters. The molecule has 0 unspecified atom stereocenters. The molecule has 0 fully saturated rings. The second-order valence-electron chi connectivity index (χ2n) is 3.11. The largest absolute Gasteiger partial charge is 0.151 e. The lowest BCUT2D eigenvalue weighted by Gasteiger charge is -2.00. The molecule has 2 nitrogen and oxygen atoms in total. The third-order valence-corrected chi connectivity index (χ3v) is 2.99. The number of aromatic nitrogens is 2. The zero-order chi connectivity index (χ0) is 10.7. The van der Waals surface area contributed by atoms with Gasteiger partial charge in [0.25, 0.3) is 0 Å². The Bertz CT molecular complexity index is 396. The highest BCUT2D eigenvalue weighted by Crippen LogP contribution is 2.25. The molecule has 2 rings (SSSR count). The van der Waals surface area contributed by atoms with Crippen molar-refractivity contribution in [2.45, 2.75) is 16.8 Å². The topological polar surface area (TPSA) is 25.8 Å². The first-order valence-corrected chi connectivity index (χ1v) is 5.67. The molecule has 1 heterocycles. The van der Waals surface area contributed by atoms with Crippen LogP contribution in [0.3, 0.4) is 0 Å². The molecule has 76 valence electrons. The maximum atomic E-state index is 5.65. The molecule has 0 spiro atoms. The minimum Gasteiger partial charge on any atom is -0.142 e. The standard InChI is InChI=1S/C11H9ClN2S/c1-8-2-4-9(5-3-8)15-11-7-6-10(12)13-14-11/h2-7H,1H3. The molecule has 0 saturated carbocycles. The van der Waals surface area contributed by atoms with E-state index >= 15 is 0 Å². The Kier molecular flexibility index (Phi) is 3.23. The lowest BCUT2D eigenvalue weighted by molar-refractivity contribution is 0.930. The predicted molar refractivity (Wildman–Crippen MR) is 62.3 cm³/mol. The zero-order valence-electron chi connectivity index (χ0n) is 8.14. The smallest absolute Gasteiger partial charge is 0.142 e. The highest BCUT2D eigenvalue weighted by Gasteiger charge is 1.99. The Labute approximate surface area is 97.7 Å². The van der Waals surface area contributed by atoms with Crippen molar-refractivity contribution < 1.29 is 0 Å². The summed E-state index contributed by atoms with van der Waals surface area (Å²) >= 11 is 7.23. The van der Waals surface area contributed by atoms with Gasteiger partial charge in [-0.15, -0.1) is 10.2 Å². The van der Waals surface area contributed by atoms with Gasteiger partial charge in [0.1, 0.15) is 5.03 Å². The number of hydrogen-bond donors (Lipinski definition) is 0. The average Bonchev–Trinajstić information content (AvgIpc) is 2.25. The molecule has 0 aliphatic carbocycles. The van der Waals surface area contributed by atoms with Gasteiger partial charge in [-0.05, 0) is 31.2 Å². The Hall–Kier alpha value is -1.06. The van der Waals surface area contributed by atoms with Gasteiger partial charge < -0.3 is 0 Å². The fourth-order valence-corrected chi connectivity index (χ4v) is 1.92. The van der Waals surface area contributed by atoms with Crippen LogP contribution < -0.4 is 0 Å². The van der Waals surface area contributed by atoms with Gasteiger partial charge in [0.15, 0.2) is 5.15 Å². The van der Waals surface area contributed by atoms with Crippen LogP contribution in [0.1, 0.15) is 5.56 Å². The van der Waals surface area contributed by atoms with Gasteiger partial charge in [-0.3, -0.25) is 0 Å². The second kappa shape index (κ2) is 4.64. The zero-order valence-corrected chi connectivity index (χ0v) is 9.72. The summed E-state index contributed by atoms with van der Waals surface area (Å²) in [6.07, 6.45) is 0. The highest BCUT2D eigenvalue weighted by atomic mass is 35.5. The van der Waals surface area contributed by atoms with Crippen LogP contribution in [-0.2, 0) is 0 Å². The molecule has 15 heavy (non-hydrogen) atoms. The van der Waals surface area contributed by atoms with Crippen LogP contribution in [0.2, 0.25) is 5.15 Å². The average molecular weight is 237 g/mol. The fraction of sp³-hybridized carbons (Fsp3) is 0.0909. The van der Waals surface area contributed by atoms with E-state index in [1.807, 2.05) is 6.07 Å². The van der Waals surface area contributed by atoms with E-state index in [9.17, 15) is 0 Å². The summed E-state index contributed by atoms with van der Waals surface area (Å²) in [7, 11) is 0. The molecule has 4 heteroatoms. The molecule has 1 aromatic heterocycles. The number of nitrogens with zero attached hydrogens (tertiary/aromatic N) is 2. The Morgan fingerprint density at radius 2 is 1.73 bits per heavy atom. The SMILES string of the molecule is Cc1ccc(Sc2ccc(Cl)nn2)cc1. The van der Waals surface area contributed by atoms with E-state index in [4.69, 9.17) is 11.6 Å². The summed E-state index contributed by atoms with van der Waals surface area (Å²) in [5.41, 5.74) is 1.25. The third-order valence-electron chi connectivity index (χ3n) is 1.85. The summed E-state index contributed by atoms with van der Waals surface area (Å²) < 4.78 is 0. The van der Waals surface area contributed by atoms with Crippen LogP contribution in [0, 0.1) is 6.92 Å². The number of rotatable bonds is 2. The van der Waals surface area contributed by atoms with Crippen LogP contribution in [-0.4, -0.2) is 10.2 Å². The third kappa shape index (κ3) is 2.94. The molecule has 1 aromatic carbocycles. The van der Waals surface area contributed by atoms with E-state index in [2.05, 4.69) is 41.4 Å². The Morgan fingerprint density at radius 1 is 1.00 bits per heavy atom. The first-order valence-electron chi connectivity index (χ1n) is 4.48. The molecule has 0 aliphatic rings. The van der Waals surface area contributed by atoms with E-state index in [0.717, 1.165) is 9.92 Å². The molecule has 2 aromatic rings. The lowest BCUT2D eigenvalue weighted by atomic mass is 10.2. The number of hydrogen-bond acceptors (Lipinski definition) is 3. The van der Waals surface area contributed by atoms with Crippen molar-refractivity contribution >= 4 is 23.4 Å². The summed E-state index contributed by atoms with van der Waals surface area (Å²) in [5, 5.41) is 9.03. The first kappa shape index (κ1) is 10.5. The Morgan fingerprint density at radius 3 is 2.33 bits per heavy atom. The fourth-order valence-electron chi connectivity index (χ4n) is 1.09. The van der Waals surface area contributed by atoms with Crippen molar-refractivity contribution in [1.82, 2.24) is 10.2 Å². The monoisotopic (exact) mass is 236 g/mol. The maximum Gasteiger partial charge on any atom is 0.151 e. The van der Waals surface area contributed by atoms with Gasteiger partial charge in [0.2, 0.25) is 0 Å². The van der Waals surface area contributed by atoms with E-state index in [1.54, 1.807) is 17.8 Å². The van der Waals surface area contributed by atoms with Crippen LogP contribution in [0.5, 0.6) is 0 Å². The van der Waals surface area contributed by atoms with Gasteiger partial charge in [0, 0.05) is 4.90 Å². The Balaban J connectivity index is 2.15. The molecule has 0 amide bonds. The van der Waals surface area contributed by atoms with Crippen molar-refractivity contribution in [1.29, 1.82) is 0 Å². The minimum absolute atomic E-state index is 0.420. The van der Waals surface area contributed by atoms with Crippen LogP contribution >= 0.6 is 23.4 Å². The van der Waals surface area contributed by atoms with Crippen LogP contribution in [0.25, 0.3) is 0 Å². The second-order valence-corrected chi connectivity index (χ2v) is 4.59. The van der Waals surface area contributed by atoms with Gasteiger partial charge >= 0.3 is 0 Å². The van der Waals surface area contributed by atoms with Gasteiger partial charge in [-0.25, -0.2) is 0 Å². The lowest BCUT2D eigenvalue weighted by Crippen LogP contribution is -1.84. The van der Waals surface area contributed by atoms with Crippen LogP contribution in [0.15, 0.2) is 46.3 Å². The number of aryl methyl sites for hydroxylation is 1. The predicted octanol–water partition coefficient (Wildman–Crippen LogP) is 3.59. The van der Waals surface area contributed by atoms with E-state index in [-0.39, 0.29) is 0 Å². The van der Waals surface area contributed by atoms with Crippen molar-refractivity contribution in [2.75, 3.05) is 0 Å². The normalized spacial score (nSPS) is 10.3. The first-order chi connectivity index (χ1) is 7.24. The van der Waals surface area contributed by atoms with Gasteiger partial charge in [-0.1, -0.05) is 41.1 Å². The molecule has 0 aliphatic heterocycles. The van der Waals surface area contributed by atoms with E-state index in [0.29, 0.717) is 5.15 Å². The van der Waals surface area contributed by atoms with Crippen LogP contribution in [0.4, 0.5) is 0 Å². The molecule has 0 radical (unpaired) electrons. The van der Waals surface area contributed by atoms with Gasteiger partial charge in [-0.2, -0.15) is 0 Å². The quantitative estimate of drug-likeness (QED) is 0.797. The van der Waals surface area contributed by atoms with E-state index in [1.165, 1.54) is 5.56 Å². The summed E-state index contributed by atoms with van der Waals surface area (Å²) in [6, 6.07) is 11.9. The maximum absolute atomic E-state index is 5.65. The highest BCUT2D eigenvalue weighted by molar-refractivity contribution is 7.99. The molecular weight excluding hydrogens is 228 g/mol. The molecule has 0 bridgehead atoms. The van der Waals surface area contributed by atoms with Crippen molar-refractivity contribution in [3.63, 3.8) is 0 Å². The van der Waals surface area contributed by atoms with Crippen molar-refractivity contribution in [3.8, 4) is 0 Å². The van der Waals surface area contributed by atoms with Crippen molar-refractivity contribution in [3.05, 3.63) is 47.1 Å². The summed E-state index contributed by atoms with van der Waals surface area (Å²) in [4.78, 5) is 1.15. The number of benzene rings is 1. The summed E-state index contributed by atoms with van der Waals surface area (Å²) in [6.45, 7) is 2.07. The molecular formula is C11H9ClN2S. The number of halogens is 1. The van der Waals surface area contributed by atoms with E-state index < -0.39 is 0 Å². The summed E-state index contributed by atoms with van der Waals surface area (Å²) in [5.74, 6) is 0. The minimum atomic E-state index is 0.420. The van der Waals surface area contributed by atoms with Crippen molar-refractivity contribution in [2.24, 2.45) is 0 Å². The molecule has 0 saturated heterocycles.